The third-order valence-corrected chi connectivity index (χ3v) is 27.6. The molecule has 2 nitrogen and oxygen atoms in total. The lowest BCUT2D eigenvalue weighted by atomic mass is 9.86. The van der Waals surface area contributed by atoms with Gasteiger partial charge in [0.05, 0.1) is 0 Å². The molecule has 0 amide bonds. The fourth-order valence-corrected chi connectivity index (χ4v) is 20.3. The minimum atomic E-state index is -0.116. The van der Waals surface area contributed by atoms with Crippen molar-refractivity contribution in [2.45, 2.75) is 0 Å². The van der Waals surface area contributed by atoms with Crippen molar-refractivity contribution in [1.29, 1.82) is 0 Å². The summed E-state index contributed by atoms with van der Waals surface area (Å²) < 4.78 is 0. The van der Waals surface area contributed by atoms with Crippen molar-refractivity contribution in [2.75, 3.05) is 0 Å². The molecule has 0 atom stereocenters. The summed E-state index contributed by atoms with van der Waals surface area (Å²) in [5.41, 5.74) is 36.9. The van der Waals surface area contributed by atoms with Gasteiger partial charge >= 0.3 is 0 Å². The molecular weight excluding hydrogens is 1690 g/mol. The van der Waals surface area contributed by atoms with Gasteiger partial charge in [-0.15, -0.1) is 0 Å². The molecule has 24 aromatic rings. The van der Waals surface area contributed by atoms with Gasteiger partial charge in [-0.3, -0.25) is 9.59 Å². The van der Waals surface area contributed by atoms with Crippen LogP contribution in [0, 0.1) is 0 Å². The van der Waals surface area contributed by atoms with Crippen LogP contribution in [-0.2, 0) is 0 Å². The number of hydrogen-bond acceptors (Lipinski definition) is 2. The average molecular weight is 1780 g/mol. The second kappa shape index (κ2) is 37.1. The number of carbonyl (C=O) groups excluding carboxylic acids is 2. The zero-order valence-corrected chi connectivity index (χ0v) is 76.8. The third kappa shape index (κ3) is 17.5. The second-order valence-corrected chi connectivity index (χ2v) is 36.6. The van der Waals surface area contributed by atoms with Crippen LogP contribution in [-0.4, -0.2) is 11.6 Å². The van der Waals surface area contributed by atoms with Gasteiger partial charge in [0.25, 0.3) is 0 Å². The van der Waals surface area contributed by atoms with Crippen LogP contribution >= 0.6 is 0 Å². The summed E-state index contributed by atoms with van der Waals surface area (Å²) in [4.78, 5) is 33.2. The number of ketones is 2. The number of rotatable bonds is 21. The zero-order valence-electron chi connectivity index (χ0n) is 76.8. The number of hydrogen-bond donors (Lipinski definition) is 0. The van der Waals surface area contributed by atoms with E-state index < -0.39 is 0 Å². The van der Waals surface area contributed by atoms with E-state index in [4.69, 9.17) is 0 Å². The van der Waals surface area contributed by atoms with Crippen molar-refractivity contribution in [1.82, 2.24) is 0 Å². The molecular formula is C138H90O2. The Morgan fingerprint density at radius 3 is 0.529 bits per heavy atom. The second-order valence-electron chi connectivity index (χ2n) is 36.6. The van der Waals surface area contributed by atoms with Crippen molar-refractivity contribution < 1.29 is 9.59 Å². The molecule has 2 heteroatoms. The van der Waals surface area contributed by atoms with Crippen LogP contribution in [0.25, 0.3) is 232 Å². The van der Waals surface area contributed by atoms with E-state index in [2.05, 4.69) is 546 Å². The number of fused-ring (bicyclic) bond motifs is 4. The van der Waals surface area contributed by atoms with Crippen molar-refractivity contribution in [3.63, 3.8) is 0 Å². The highest BCUT2D eigenvalue weighted by molar-refractivity contribution is 6.14. The smallest absolute Gasteiger partial charge is 0.193 e. The minimum absolute atomic E-state index is 0.0644. The first-order valence-electron chi connectivity index (χ1n) is 47.9. The van der Waals surface area contributed by atoms with E-state index in [-0.39, 0.29) is 11.6 Å². The van der Waals surface area contributed by atoms with Crippen LogP contribution in [0.5, 0.6) is 0 Å². The molecule has 24 rings (SSSR count). The predicted molar refractivity (Wildman–Crippen MR) is 589 cm³/mol. The van der Waals surface area contributed by atoms with Crippen LogP contribution in [0.15, 0.2) is 546 Å². The molecule has 0 aliphatic carbocycles. The van der Waals surface area contributed by atoms with E-state index in [1.54, 1.807) is 0 Å². The molecule has 0 unspecified atom stereocenters. The SMILES string of the molecule is O=C(c1cc(-c2cc(-c3ccccc3)cc(-c3ccccc3)c2)cc(-c2cc(-c3ccccc3)cc(-c3ccccc3)c2)c1)c1cc(-c2cc(-c3ccccc3)cc(-c3ccccc3)c2)cc(-c2cc(-c3ccccc3)cc(-c3cccc(-c4cccc5cc(-c6cc(C(=O)c7cc(-c8ccc9ccccc9c8)cc(-c8ccc9ccccc9c8)c7)cc(-c7ccc8ccccc8c7)c6)ccc45)c3)c2)c1. The molecule has 0 spiro atoms. The maximum absolute atomic E-state index is 17.2. The van der Waals surface area contributed by atoms with E-state index in [0.717, 1.165) is 232 Å². The summed E-state index contributed by atoms with van der Waals surface area (Å²) in [6.07, 6.45) is 0. The Bertz CT molecular complexity index is 8490. The Hall–Kier alpha value is -18.3. The Labute approximate surface area is 815 Å². The van der Waals surface area contributed by atoms with Crippen molar-refractivity contribution in [3.8, 4) is 189 Å². The fourth-order valence-electron chi connectivity index (χ4n) is 20.3. The molecule has 0 aliphatic heterocycles. The van der Waals surface area contributed by atoms with Gasteiger partial charge in [-0.25, -0.2) is 0 Å². The molecule has 0 saturated carbocycles. The van der Waals surface area contributed by atoms with Crippen LogP contribution < -0.4 is 0 Å². The normalized spacial score (nSPS) is 11.3. The number of benzene rings is 24. The summed E-state index contributed by atoms with van der Waals surface area (Å²) in [6.45, 7) is 0. The van der Waals surface area contributed by atoms with E-state index in [9.17, 15) is 0 Å². The predicted octanol–water partition coefficient (Wildman–Crippen LogP) is 37.1. The Kier molecular flexibility index (Phi) is 22.5. The summed E-state index contributed by atoms with van der Waals surface area (Å²) in [5, 5.41) is 9.02. The van der Waals surface area contributed by atoms with Gasteiger partial charge in [-0.2, -0.15) is 0 Å². The fraction of sp³-hybridized carbons (Fsp3) is 0. The van der Waals surface area contributed by atoms with Crippen LogP contribution in [0.3, 0.4) is 0 Å². The molecule has 0 saturated heterocycles. The molecule has 0 aromatic heterocycles. The topological polar surface area (TPSA) is 34.1 Å². The first-order valence-corrected chi connectivity index (χ1v) is 47.9. The largest absolute Gasteiger partial charge is 0.289 e. The highest BCUT2D eigenvalue weighted by Gasteiger charge is 2.24. The van der Waals surface area contributed by atoms with E-state index in [1.165, 1.54) is 0 Å². The van der Waals surface area contributed by atoms with Crippen molar-refractivity contribution in [2.24, 2.45) is 0 Å². The Morgan fingerprint density at radius 1 is 0.100 bits per heavy atom. The van der Waals surface area contributed by atoms with Gasteiger partial charge in [-0.1, -0.05) is 370 Å². The molecule has 0 aliphatic rings. The molecule has 140 heavy (non-hydrogen) atoms. The van der Waals surface area contributed by atoms with Crippen molar-refractivity contribution in [3.05, 3.63) is 568 Å². The lowest BCUT2D eigenvalue weighted by Crippen LogP contribution is -2.04. The van der Waals surface area contributed by atoms with Gasteiger partial charge in [0.2, 0.25) is 0 Å². The minimum Gasteiger partial charge on any atom is -0.289 e. The molecule has 0 radical (unpaired) electrons. The lowest BCUT2D eigenvalue weighted by molar-refractivity contribution is 0.103. The van der Waals surface area contributed by atoms with Gasteiger partial charge < -0.3 is 0 Å². The van der Waals surface area contributed by atoms with Crippen LogP contribution in [0.2, 0.25) is 0 Å². The maximum Gasteiger partial charge on any atom is 0.193 e. The molecule has 0 bridgehead atoms. The van der Waals surface area contributed by atoms with E-state index in [0.29, 0.717) is 22.3 Å². The highest BCUT2D eigenvalue weighted by Crippen LogP contribution is 2.46. The Morgan fingerprint density at radius 2 is 0.264 bits per heavy atom. The highest BCUT2D eigenvalue weighted by atomic mass is 16.1. The Balaban J connectivity index is 0.648. The monoisotopic (exact) mass is 1780 g/mol. The quantitative estimate of drug-likeness (QED) is 0.0672. The zero-order chi connectivity index (χ0) is 93.4. The summed E-state index contributed by atoms with van der Waals surface area (Å²) in [6, 6.07) is 195. The standard InChI is InChI=1S/C138H90O2/c139-137(131-83-119(105-57-54-98-44-22-25-47-101(98)62-105)78-120(84-131)106-58-55-99-45-23-26-48-102(99)63-106)132-85-121(107-59-56-100-46-24-27-49-103(100)64-107)79-122(86-132)108-60-61-136-110(66-108)52-29-53-135(136)109-51-28-50-104(65-109)118-70-117(97-42-20-7-21-43-97)77-126(80-118)130-82-129(125-75-115(95-38-16-5-17-39-95)69-116(76-125)96-40-18-6-19-41-96)89-134(90-130)138(140)133-87-127(123-71-111(91-30-8-1-9-31-91)67-112(72-123)92-32-10-2-11-33-92)81-128(88-133)124-73-113(93-34-12-3-13-35-93)68-114(74-124)94-36-14-4-15-37-94/h1-90H. The summed E-state index contributed by atoms with van der Waals surface area (Å²) in [5.74, 6) is -0.181. The molecule has 654 valence electrons. The van der Waals surface area contributed by atoms with Gasteiger partial charge in [0.1, 0.15) is 0 Å². The van der Waals surface area contributed by atoms with Gasteiger partial charge in [0, 0.05) is 22.3 Å². The van der Waals surface area contributed by atoms with Crippen LogP contribution in [0.4, 0.5) is 0 Å². The van der Waals surface area contributed by atoms with E-state index in [1.807, 2.05) is 0 Å². The summed E-state index contributed by atoms with van der Waals surface area (Å²) in [7, 11) is 0. The van der Waals surface area contributed by atoms with E-state index >= 15 is 9.59 Å². The summed E-state index contributed by atoms with van der Waals surface area (Å²) >= 11 is 0. The van der Waals surface area contributed by atoms with Crippen molar-refractivity contribution >= 4 is 54.7 Å². The first kappa shape index (κ1) is 84.6. The lowest BCUT2D eigenvalue weighted by Gasteiger charge is -2.17. The first-order chi connectivity index (χ1) is 69.1. The molecule has 0 N–H and O–H groups in total. The maximum atomic E-state index is 17.2. The molecule has 24 aromatic carbocycles. The van der Waals surface area contributed by atoms with Crippen LogP contribution in [0.1, 0.15) is 31.8 Å². The number of carbonyl (C=O) groups is 2. The van der Waals surface area contributed by atoms with Gasteiger partial charge in [-0.05, 0) is 408 Å². The average Bonchev–Trinajstić information content (AvgIpc) is 0.770. The molecule has 0 fully saturated rings. The molecule has 0 heterocycles. The third-order valence-electron chi connectivity index (χ3n) is 27.6. The van der Waals surface area contributed by atoms with Gasteiger partial charge in [0.15, 0.2) is 11.6 Å².